The zero-order valence-corrected chi connectivity index (χ0v) is 9.89. The molecule has 0 atom stereocenters. The van der Waals surface area contributed by atoms with Crippen molar-refractivity contribution in [2.75, 3.05) is 13.6 Å². The molecule has 86 valence electrons. The molecule has 0 saturated heterocycles. The second-order valence-electron chi connectivity index (χ2n) is 2.99. The molecule has 0 radical (unpaired) electrons. The van der Waals surface area contributed by atoms with Gasteiger partial charge in [0.1, 0.15) is 17.3 Å². The maximum Gasteiger partial charge on any atom is 0.245 e. The van der Waals surface area contributed by atoms with E-state index in [0.29, 0.717) is 0 Å². The molecule has 1 rings (SSSR count). The van der Waals surface area contributed by atoms with Gasteiger partial charge in [-0.05, 0) is 18.2 Å². The van der Waals surface area contributed by atoms with Crippen molar-refractivity contribution in [3.63, 3.8) is 0 Å². The molecule has 0 aliphatic heterocycles. The maximum absolute atomic E-state index is 12.9. The van der Waals surface area contributed by atoms with Gasteiger partial charge in [-0.15, -0.1) is 0 Å². The predicted molar refractivity (Wildman–Crippen MR) is 56.8 cm³/mol. The van der Waals surface area contributed by atoms with Gasteiger partial charge >= 0.3 is 0 Å². The minimum Gasteiger partial charge on any atom is -0.207 e. The van der Waals surface area contributed by atoms with E-state index in [1.807, 2.05) is 0 Å². The van der Waals surface area contributed by atoms with Crippen molar-refractivity contribution in [2.24, 2.45) is 0 Å². The first-order valence-corrected chi connectivity index (χ1v) is 5.99. The van der Waals surface area contributed by atoms with Crippen LogP contribution in [0.25, 0.3) is 0 Å². The normalized spacial score (nSPS) is 11.4. The second kappa shape index (κ2) is 4.78. The minimum absolute atomic E-state index is 0.0776. The van der Waals surface area contributed by atoms with Crippen molar-refractivity contribution in [2.45, 2.75) is 4.90 Å². The molecule has 0 aliphatic rings. The smallest absolute Gasteiger partial charge is 0.207 e. The largest absolute Gasteiger partial charge is 0.245 e. The number of nitrogens with zero attached hydrogens (tertiary/aromatic N) is 2. The highest BCUT2D eigenvalue weighted by Crippen LogP contribution is 2.24. The molecule has 16 heavy (non-hydrogen) atoms. The van der Waals surface area contributed by atoms with E-state index in [9.17, 15) is 12.8 Å². The molecular weight excluding hydrogens is 255 g/mol. The lowest BCUT2D eigenvalue weighted by atomic mass is 10.3. The molecular formula is C9H8ClFN2O2S. The number of hydrogen-bond donors (Lipinski definition) is 0. The van der Waals surface area contributed by atoms with Gasteiger partial charge in [0.25, 0.3) is 0 Å². The van der Waals surface area contributed by atoms with E-state index < -0.39 is 15.8 Å². The summed E-state index contributed by atoms with van der Waals surface area (Å²) in [5.41, 5.74) is 0. The summed E-state index contributed by atoms with van der Waals surface area (Å²) < 4.78 is 37.4. The number of halogens is 2. The van der Waals surface area contributed by atoms with Crippen LogP contribution >= 0.6 is 11.6 Å². The Morgan fingerprint density at radius 2 is 2.19 bits per heavy atom. The topological polar surface area (TPSA) is 61.2 Å². The third-order valence-electron chi connectivity index (χ3n) is 1.87. The molecule has 0 aromatic heterocycles. The molecule has 0 saturated carbocycles. The van der Waals surface area contributed by atoms with Crippen molar-refractivity contribution in [3.05, 3.63) is 29.0 Å². The summed E-state index contributed by atoms with van der Waals surface area (Å²) in [5, 5.41) is 8.33. The Bertz CT molecular complexity index is 539. The third kappa shape index (κ3) is 2.50. The van der Waals surface area contributed by atoms with Crippen LogP contribution in [0.2, 0.25) is 5.02 Å². The molecule has 7 heteroatoms. The van der Waals surface area contributed by atoms with Crippen LogP contribution in [0.3, 0.4) is 0 Å². The van der Waals surface area contributed by atoms with Gasteiger partial charge in [0, 0.05) is 7.05 Å². The van der Waals surface area contributed by atoms with E-state index in [2.05, 4.69) is 0 Å². The van der Waals surface area contributed by atoms with Crippen molar-refractivity contribution in [1.82, 2.24) is 4.31 Å². The summed E-state index contributed by atoms with van der Waals surface area (Å²) in [4.78, 5) is -0.341. The third-order valence-corrected chi connectivity index (χ3v) is 4.16. The van der Waals surface area contributed by atoms with Gasteiger partial charge in [0.05, 0.1) is 11.1 Å². The first kappa shape index (κ1) is 12.9. The van der Waals surface area contributed by atoms with E-state index in [1.54, 1.807) is 6.07 Å². The molecule has 1 aromatic carbocycles. The minimum atomic E-state index is -3.92. The van der Waals surface area contributed by atoms with Gasteiger partial charge in [-0.1, -0.05) is 11.6 Å². The quantitative estimate of drug-likeness (QED) is 0.778. The van der Waals surface area contributed by atoms with Gasteiger partial charge in [-0.3, -0.25) is 0 Å². The van der Waals surface area contributed by atoms with Crippen LogP contribution in [-0.2, 0) is 10.0 Å². The van der Waals surface area contributed by atoms with Gasteiger partial charge in [-0.25, -0.2) is 12.8 Å². The molecule has 0 amide bonds. The van der Waals surface area contributed by atoms with Crippen molar-refractivity contribution >= 4 is 21.6 Å². The Morgan fingerprint density at radius 3 is 2.75 bits per heavy atom. The van der Waals surface area contributed by atoms with E-state index in [0.717, 1.165) is 22.5 Å². The van der Waals surface area contributed by atoms with Gasteiger partial charge in [0.15, 0.2) is 0 Å². The lowest BCUT2D eigenvalue weighted by Gasteiger charge is -2.14. The number of rotatable bonds is 3. The summed E-state index contributed by atoms with van der Waals surface area (Å²) >= 11 is 5.67. The predicted octanol–water partition coefficient (Wildman–Crippen LogP) is 1.62. The molecule has 0 aliphatic carbocycles. The van der Waals surface area contributed by atoms with Gasteiger partial charge in [0.2, 0.25) is 10.0 Å². The van der Waals surface area contributed by atoms with Gasteiger partial charge in [-0.2, -0.15) is 9.57 Å². The Balaban J connectivity index is 3.28. The summed E-state index contributed by atoms with van der Waals surface area (Å²) in [6.45, 7) is -0.324. The standard InChI is InChI=1S/C9H8ClFN2O2S/c1-13(5-4-12)16(14,15)9-6-7(11)2-3-8(9)10/h2-3,6H,5H2,1H3. The Kier molecular flexibility index (Phi) is 3.86. The Hall–Kier alpha value is -1.16. The van der Waals surface area contributed by atoms with Crippen LogP contribution in [-0.4, -0.2) is 26.3 Å². The first-order chi connectivity index (χ1) is 7.39. The number of hydrogen-bond acceptors (Lipinski definition) is 3. The van der Waals surface area contributed by atoms with Crippen LogP contribution in [0.15, 0.2) is 23.1 Å². The number of benzene rings is 1. The zero-order chi connectivity index (χ0) is 12.3. The molecule has 4 nitrogen and oxygen atoms in total. The summed E-state index contributed by atoms with van der Waals surface area (Å²) in [7, 11) is -2.69. The summed E-state index contributed by atoms with van der Waals surface area (Å²) in [5.74, 6) is -0.701. The maximum atomic E-state index is 12.9. The Labute approximate surface area is 97.9 Å². The highest BCUT2D eigenvalue weighted by molar-refractivity contribution is 7.89. The van der Waals surface area contributed by atoms with Crippen LogP contribution in [0.4, 0.5) is 4.39 Å². The van der Waals surface area contributed by atoms with Crippen molar-refractivity contribution < 1.29 is 12.8 Å². The SMILES string of the molecule is CN(CC#N)S(=O)(=O)c1cc(F)ccc1Cl. The molecule has 1 aromatic rings. The fraction of sp³-hybridized carbons (Fsp3) is 0.222. The van der Waals surface area contributed by atoms with Crippen LogP contribution < -0.4 is 0 Å². The average molecular weight is 263 g/mol. The van der Waals surface area contributed by atoms with Gasteiger partial charge < -0.3 is 0 Å². The molecule has 0 N–H and O–H groups in total. The average Bonchev–Trinajstić information content (AvgIpc) is 2.22. The molecule has 0 heterocycles. The van der Waals surface area contributed by atoms with E-state index in [4.69, 9.17) is 16.9 Å². The van der Waals surface area contributed by atoms with Crippen LogP contribution in [0.1, 0.15) is 0 Å². The molecule has 0 unspecified atom stereocenters. The summed E-state index contributed by atoms with van der Waals surface area (Å²) in [6, 6.07) is 4.73. The zero-order valence-electron chi connectivity index (χ0n) is 8.31. The molecule has 0 bridgehead atoms. The van der Waals surface area contributed by atoms with Crippen LogP contribution in [0.5, 0.6) is 0 Å². The highest BCUT2D eigenvalue weighted by atomic mass is 35.5. The van der Waals surface area contributed by atoms with E-state index in [1.165, 1.54) is 7.05 Å². The summed E-state index contributed by atoms with van der Waals surface area (Å²) in [6.07, 6.45) is 0. The lowest BCUT2D eigenvalue weighted by molar-refractivity contribution is 0.500. The fourth-order valence-electron chi connectivity index (χ4n) is 1.03. The first-order valence-electron chi connectivity index (χ1n) is 4.18. The van der Waals surface area contributed by atoms with Crippen molar-refractivity contribution in [1.29, 1.82) is 5.26 Å². The Morgan fingerprint density at radius 1 is 1.56 bits per heavy atom. The second-order valence-corrected chi connectivity index (χ2v) is 5.41. The monoisotopic (exact) mass is 262 g/mol. The van der Waals surface area contributed by atoms with Crippen molar-refractivity contribution in [3.8, 4) is 6.07 Å². The number of nitriles is 1. The molecule has 0 fully saturated rings. The van der Waals surface area contributed by atoms with Crippen LogP contribution in [0, 0.1) is 17.1 Å². The van der Waals surface area contributed by atoms with E-state index in [-0.39, 0.29) is 16.5 Å². The molecule has 0 spiro atoms. The highest BCUT2D eigenvalue weighted by Gasteiger charge is 2.23. The van der Waals surface area contributed by atoms with E-state index >= 15 is 0 Å². The fourth-order valence-corrected chi connectivity index (χ4v) is 2.58. The number of sulfonamides is 1. The lowest BCUT2D eigenvalue weighted by Crippen LogP contribution is -2.27.